The van der Waals surface area contributed by atoms with E-state index in [1.54, 1.807) is 12.4 Å². The molecule has 104 valence electrons. The second-order valence-electron chi connectivity index (χ2n) is 5.00. The van der Waals surface area contributed by atoms with Crippen molar-refractivity contribution < 1.29 is 9.53 Å². The van der Waals surface area contributed by atoms with Crippen LogP contribution in [0.3, 0.4) is 0 Å². The van der Waals surface area contributed by atoms with Crippen LogP contribution in [0.15, 0.2) is 41.1 Å². The van der Waals surface area contributed by atoms with E-state index in [-0.39, 0.29) is 5.78 Å². The third-order valence-electron chi connectivity index (χ3n) is 3.69. The lowest BCUT2D eigenvalue weighted by Crippen LogP contribution is -2.01. The number of hydrogen-bond donors (Lipinski definition) is 1. The summed E-state index contributed by atoms with van der Waals surface area (Å²) in [4.78, 5) is 20.0. The van der Waals surface area contributed by atoms with E-state index in [4.69, 9.17) is 4.74 Å². The normalized spacial score (nSPS) is 13.2. The van der Waals surface area contributed by atoms with Crippen LogP contribution in [0.5, 0.6) is 5.75 Å². The fraction of sp³-hybridized carbons (Fsp3) is 0.125. The number of rotatable bonds is 2. The van der Waals surface area contributed by atoms with E-state index in [0.29, 0.717) is 23.4 Å². The Morgan fingerprint density at radius 3 is 3.14 bits per heavy atom. The van der Waals surface area contributed by atoms with Gasteiger partial charge in [-0.25, -0.2) is 4.98 Å². The number of aromatic amines is 1. The molecule has 1 aromatic carbocycles. The minimum atomic E-state index is -0.00384. The quantitative estimate of drug-likeness (QED) is 0.725. The second-order valence-corrected chi connectivity index (χ2v) is 5.92. The Hall–Kier alpha value is -2.14. The van der Waals surface area contributed by atoms with E-state index in [1.165, 1.54) is 0 Å². The number of benzene rings is 1. The Kier molecular flexibility index (Phi) is 2.82. The molecule has 0 atom stereocenters. The molecule has 0 saturated heterocycles. The first-order chi connectivity index (χ1) is 10.2. The highest BCUT2D eigenvalue weighted by Gasteiger charge is 2.18. The highest BCUT2D eigenvalue weighted by Crippen LogP contribution is 2.28. The molecule has 3 aromatic rings. The van der Waals surface area contributed by atoms with Gasteiger partial charge in [0.1, 0.15) is 11.4 Å². The molecule has 3 heterocycles. The summed E-state index contributed by atoms with van der Waals surface area (Å²) in [7, 11) is 0. The summed E-state index contributed by atoms with van der Waals surface area (Å²) in [6.45, 7) is 0.691. The Bertz CT molecular complexity index is 870. The number of ether oxygens (including phenoxy) is 1. The van der Waals surface area contributed by atoms with Crippen LogP contribution >= 0.6 is 15.9 Å². The van der Waals surface area contributed by atoms with Gasteiger partial charge in [-0.15, -0.1) is 0 Å². The van der Waals surface area contributed by atoms with Crippen LogP contribution in [0.4, 0.5) is 0 Å². The summed E-state index contributed by atoms with van der Waals surface area (Å²) in [5.74, 6) is 0.880. The summed E-state index contributed by atoms with van der Waals surface area (Å²) in [5.41, 5.74) is 3.13. The van der Waals surface area contributed by atoms with Gasteiger partial charge in [0.2, 0.25) is 0 Å². The first-order valence-electron chi connectivity index (χ1n) is 6.65. The van der Waals surface area contributed by atoms with E-state index in [9.17, 15) is 4.79 Å². The first-order valence-corrected chi connectivity index (χ1v) is 7.45. The van der Waals surface area contributed by atoms with E-state index in [0.717, 1.165) is 27.6 Å². The van der Waals surface area contributed by atoms with Gasteiger partial charge < -0.3 is 9.72 Å². The summed E-state index contributed by atoms with van der Waals surface area (Å²) in [6, 6.07) is 7.52. The number of aromatic nitrogens is 2. The highest BCUT2D eigenvalue weighted by atomic mass is 79.9. The minimum Gasteiger partial charge on any atom is -0.493 e. The number of pyridine rings is 1. The van der Waals surface area contributed by atoms with Gasteiger partial charge in [0.15, 0.2) is 5.78 Å². The van der Waals surface area contributed by atoms with Crippen molar-refractivity contribution >= 4 is 32.7 Å². The van der Waals surface area contributed by atoms with Gasteiger partial charge in [-0.2, -0.15) is 0 Å². The fourth-order valence-electron chi connectivity index (χ4n) is 2.65. The lowest BCUT2D eigenvalue weighted by atomic mass is 10.0. The van der Waals surface area contributed by atoms with E-state index < -0.39 is 0 Å². The standard InChI is InChI=1S/C16H11BrN2O2/c17-11-6-12-13(8-19-16(12)18-7-11)15(20)10-1-2-14-9(5-10)3-4-21-14/h1-2,5-8H,3-4H2,(H,18,19). The van der Waals surface area contributed by atoms with Crippen molar-refractivity contribution in [2.75, 3.05) is 6.61 Å². The lowest BCUT2D eigenvalue weighted by Gasteiger charge is -2.03. The number of fused-ring (bicyclic) bond motifs is 2. The van der Waals surface area contributed by atoms with Crippen molar-refractivity contribution in [2.45, 2.75) is 6.42 Å². The maximum absolute atomic E-state index is 12.7. The molecule has 1 aliphatic heterocycles. The molecule has 0 saturated carbocycles. The monoisotopic (exact) mass is 342 g/mol. The topological polar surface area (TPSA) is 55.0 Å². The van der Waals surface area contributed by atoms with E-state index in [2.05, 4.69) is 25.9 Å². The van der Waals surface area contributed by atoms with Crippen molar-refractivity contribution in [3.05, 3.63) is 57.8 Å². The Labute approximate surface area is 129 Å². The van der Waals surface area contributed by atoms with E-state index >= 15 is 0 Å². The van der Waals surface area contributed by atoms with Gasteiger partial charge in [0.25, 0.3) is 0 Å². The Morgan fingerprint density at radius 2 is 2.24 bits per heavy atom. The Balaban J connectivity index is 1.81. The van der Waals surface area contributed by atoms with Crippen LogP contribution in [0.25, 0.3) is 11.0 Å². The van der Waals surface area contributed by atoms with Crippen molar-refractivity contribution in [2.24, 2.45) is 0 Å². The number of H-pyrrole nitrogens is 1. The third kappa shape index (κ3) is 2.05. The first kappa shape index (κ1) is 12.6. The zero-order valence-corrected chi connectivity index (χ0v) is 12.6. The third-order valence-corrected chi connectivity index (χ3v) is 4.13. The molecule has 0 amide bonds. The number of carbonyl (C=O) groups excluding carboxylic acids is 1. The van der Waals surface area contributed by atoms with Crippen molar-refractivity contribution in [3.8, 4) is 5.75 Å². The maximum Gasteiger partial charge on any atom is 0.195 e. The number of ketones is 1. The van der Waals surface area contributed by atoms with Crippen molar-refractivity contribution in [3.63, 3.8) is 0 Å². The molecule has 0 unspecified atom stereocenters. The zero-order valence-electron chi connectivity index (χ0n) is 11.0. The smallest absolute Gasteiger partial charge is 0.195 e. The summed E-state index contributed by atoms with van der Waals surface area (Å²) >= 11 is 3.39. The van der Waals surface area contributed by atoms with Gasteiger partial charge in [0.05, 0.1) is 6.61 Å². The molecule has 4 nitrogen and oxygen atoms in total. The van der Waals surface area contributed by atoms with Crippen LogP contribution < -0.4 is 4.74 Å². The van der Waals surface area contributed by atoms with Crippen LogP contribution in [-0.2, 0) is 6.42 Å². The summed E-state index contributed by atoms with van der Waals surface area (Å²) in [6.07, 6.45) is 4.29. The van der Waals surface area contributed by atoms with Gasteiger partial charge >= 0.3 is 0 Å². The van der Waals surface area contributed by atoms with Crippen LogP contribution in [0, 0.1) is 0 Å². The van der Waals surface area contributed by atoms with Gasteiger partial charge in [-0.05, 0) is 45.8 Å². The molecule has 4 rings (SSSR count). The van der Waals surface area contributed by atoms with Crippen LogP contribution in [0.2, 0.25) is 0 Å². The molecule has 0 radical (unpaired) electrons. The Morgan fingerprint density at radius 1 is 1.33 bits per heavy atom. The molecular formula is C16H11BrN2O2. The molecule has 2 aromatic heterocycles. The minimum absolute atomic E-state index is 0.00384. The van der Waals surface area contributed by atoms with Crippen LogP contribution in [-0.4, -0.2) is 22.4 Å². The zero-order chi connectivity index (χ0) is 14.4. The average molecular weight is 343 g/mol. The van der Waals surface area contributed by atoms with Crippen LogP contribution in [0.1, 0.15) is 21.5 Å². The summed E-state index contributed by atoms with van der Waals surface area (Å²) < 4.78 is 6.33. The molecular weight excluding hydrogens is 332 g/mol. The van der Waals surface area contributed by atoms with Gasteiger partial charge in [0, 0.05) is 39.8 Å². The van der Waals surface area contributed by atoms with Crippen molar-refractivity contribution in [1.29, 1.82) is 0 Å². The molecule has 0 aliphatic carbocycles. The molecule has 5 heteroatoms. The SMILES string of the molecule is O=C(c1ccc2c(c1)CCO2)c1c[nH]c2ncc(Br)cc12. The number of halogens is 1. The summed E-state index contributed by atoms with van der Waals surface area (Å²) in [5, 5.41) is 0.825. The number of nitrogens with one attached hydrogen (secondary N) is 1. The number of carbonyl (C=O) groups is 1. The predicted octanol–water partition coefficient (Wildman–Crippen LogP) is 3.49. The largest absolute Gasteiger partial charge is 0.493 e. The van der Waals surface area contributed by atoms with Gasteiger partial charge in [-0.1, -0.05) is 0 Å². The molecule has 1 aliphatic rings. The fourth-order valence-corrected chi connectivity index (χ4v) is 2.98. The molecule has 0 spiro atoms. The predicted molar refractivity (Wildman–Crippen MR) is 82.9 cm³/mol. The van der Waals surface area contributed by atoms with E-state index in [1.807, 2.05) is 24.3 Å². The van der Waals surface area contributed by atoms with Gasteiger partial charge in [-0.3, -0.25) is 4.79 Å². The second kappa shape index (κ2) is 4.70. The lowest BCUT2D eigenvalue weighted by molar-refractivity contribution is 0.104. The molecule has 0 bridgehead atoms. The average Bonchev–Trinajstić information content (AvgIpc) is 3.11. The highest BCUT2D eigenvalue weighted by molar-refractivity contribution is 9.10. The number of hydrogen-bond acceptors (Lipinski definition) is 3. The molecule has 1 N–H and O–H groups in total. The maximum atomic E-state index is 12.7. The molecule has 0 fully saturated rings. The van der Waals surface area contributed by atoms with Crippen molar-refractivity contribution in [1.82, 2.24) is 9.97 Å². The molecule has 21 heavy (non-hydrogen) atoms. The number of nitrogens with zero attached hydrogens (tertiary/aromatic N) is 1.